The smallest absolute Gasteiger partial charge is 0.395 e. The molecule has 0 heterocycles. The Hall–Kier alpha value is -6.68. The van der Waals surface area contributed by atoms with Gasteiger partial charge < -0.3 is 34.5 Å². The summed E-state index contributed by atoms with van der Waals surface area (Å²) >= 11 is 0. The number of rotatable bonds is 15. The minimum Gasteiger partial charge on any atom is -0.395 e. The van der Waals surface area contributed by atoms with Crippen LogP contribution in [0.1, 0.15) is 36.1 Å². The molecule has 0 saturated heterocycles. The van der Waals surface area contributed by atoms with Crippen LogP contribution in [-0.2, 0) is 26.2 Å². The first-order chi connectivity index (χ1) is 28.2. The molecular formula is C49H47N3O6. The van der Waals surface area contributed by atoms with E-state index in [4.69, 9.17) is 18.9 Å². The maximum atomic E-state index is 12.5. The van der Waals surface area contributed by atoms with Crippen molar-refractivity contribution in [1.29, 1.82) is 0 Å². The summed E-state index contributed by atoms with van der Waals surface area (Å²) in [5.41, 5.74) is 5.63. The monoisotopic (exact) mass is 773 g/mol. The highest BCUT2D eigenvalue weighted by atomic mass is 16.7. The Balaban J connectivity index is 0.832. The number of carbonyl (C=O) groups is 2. The standard InChI is InChI=1S/C49H47N3O6/c1-34(2)29-50-30-36-11-20-44(21-12-36)56-49(54)58-47-25-17-41-26-38(8-15-42(41)28-47)33-52(3)43-18-9-35(10-19-43)31-51-32-37-13-22-45(23-14-37)55-48(53)57-46-24-16-39-6-4-5-7-40(39)27-46/h4-28,34,50-51H,29-33H2,1-3H3. The summed E-state index contributed by atoms with van der Waals surface area (Å²) in [5, 5.41) is 11.0. The van der Waals surface area contributed by atoms with Crippen LogP contribution in [0.5, 0.6) is 23.0 Å². The lowest BCUT2D eigenvalue weighted by Crippen LogP contribution is -2.19. The quantitative estimate of drug-likeness (QED) is 0.0779. The highest BCUT2D eigenvalue weighted by Crippen LogP contribution is 2.26. The van der Waals surface area contributed by atoms with E-state index in [0.717, 1.165) is 63.6 Å². The highest BCUT2D eigenvalue weighted by Gasteiger charge is 2.12. The van der Waals surface area contributed by atoms with Gasteiger partial charge in [-0.2, -0.15) is 0 Å². The Bertz CT molecular complexity index is 2470. The minimum atomic E-state index is -0.780. The van der Waals surface area contributed by atoms with E-state index in [1.165, 1.54) is 5.56 Å². The van der Waals surface area contributed by atoms with Gasteiger partial charge in [0.25, 0.3) is 0 Å². The molecule has 0 aliphatic heterocycles. The van der Waals surface area contributed by atoms with Crippen molar-refractivity contribution in [2.75, 3.05) is 18.5 Å². The lowest BCUT2D eigenvalue weighted by Gasteiger charge is -2.20. The van der Waals surface area contributed by atoms with Crippen molar-refractivity contribution in [1.82, 2.24) is 10.6 Å². The normalized spacial score (nSPS) is 11.1. The first-order valence-electron chi connectivity index (χ1n) is 19.4. The number of hydrogen-bond acceptors (Lipinski definition) is 9. The van der Waals surface area contributed by atoms with Gasteiger partial charge in [-0.05, 0) is 123 Å². The lowest BCUT2D eigenvalue weighted by atomic mass is 10.1. The van der Waals surface area contributed by atoms with Crippen molar-refractivity contribution >= 4 is 39.5 Å². The van der Waals surface area contributed by atoms with Crippen molar-refractivity contribution in [3.8, 4) is 23.0 Å². The van der Waals surface area contributed by atoms with Crippen LogP contribution in [-0.4, -0.2) is 25.9 Å². The van der Waals surface area contributed by atoms with Crippen LogP contribution in [0.25, 0.3) is 21.5 Å². The third kappa shape index (κ3) is 11.2. The molecule has 9 heteroatoms. The third-order valence-corrected chi connectivity index (χ3v) is 9.59. The fourth-order valence-corrected chi connectivity index (χ4v) is 6.53. The van der Waals surface area contributed by atoms with Crippen molar-refractivity contribution in [3.05, 3.63) is 174 Å². The van der Waals surface area contributed by atoms with Crippen LogP contribution in [0.3, 0.4) is 0 Å². The van der Waals surface area contributed by atoms with Gasteiger partial charge in [0.05, 0.1) is 0 Å². The van der Waals surface area contributed by atoms with Crippen LogP contribution in [0.15, 0.2) is 152 Å². The molecule has 7 aromatic carbocycles. The van der Waals surface area contributed by atoms with E-state index in [-0.39, 0.29) is 0 Å². The summed E-state index contributed by atoms with van der Waals surface area (Å²) in [7, 11) is 2.08. The zero-order valence-electron chi connectivity index (χ0n) is 32.9. The van der Waals surface area contributed by atoms with E-state index in [1.54, 1.807) is 36.4 Å². The number of benzene rings is 7. The number of nitrogens with one attached hydrogen (secondary N) is 2. The van der Waals surface area contributed by atoms with Gasteiger partial charge >= 0.3 is 12.3 Å². The Kier molecular flexibility index (Phi) is 12.9. The molecule has 0 aliphatic carbocycles. The predicted octanol–water partition coefficient (Wildman–Crippen LogP) is 10.8. The number of nitrogens with zero attached hydrogens (tertiary/aromatic N) is 1. The number of fused-ring (bicyclic) bond motifs is 2. The van der Waals surface area contributed by atoms with Crippen LogP contribution >= 0.6 is 0 Å². The van der Waals surface area contributed by atoms with E-state index in [2.05, 4.69) is 72.8 Å². The summed E-state index contributed by atoms with van der Waals surface area (Å²) < 4.78 is 21.7. The summed E-state index contributed by atoms with van der Waals surface area (Å²) in [6.07, 6.45) is -1.56. The van der Waals surface area contributed by atoms with Gasteiger partial charge in [-0.1, -0.05) is 98.8 Å². The molecule has 7 rings (SSSR count). The third-order valence-electron chi connectivity index (χ3n) is 9.59. The molecular weight excluding hydrogens is 727 g/mol. The summed E-state index contributed by atoms with van der Waals surface area (Å²) in [4.78, 5) is 27.1. The van der Waals surface area contributed by atoms with Crippen molar-refractivity contribution in [2.24, 2.45) is 5.92 Å². The van der Waals surface area contributed by atoms with Gasteiger partial charge in [-0.3, -0.25) is 0 Å². The number of ether oxygens (including phenoxy) is 4. The molecule has 0 bridgehead atoms. The number of hydrogen-bond donors (Lipinski definition) is 2. The molecule has 0 fully saturated rings. The maximum absolute atomic E-state index is 12.5. The van der Waals surface area contributed by atoms with Crippen LogP contribution in [0.2, 0.25) is 0 Å². The maximum Gasteiger partial charge on any atom is 0.519 e. The average Bonchev–Trinajstić information content (AvgIpc) is 3.22. The zero-order valence-corrected chi connectivity index (χ0v) is 32.9. The largest absolute Gasteiger partial charge is 0.519 e. The van der Waals surface area contributed by atoms with E-state index in [1.807, 2.05) is 78.9 Å². The second-order valence-corrected chi connectivity index (χ2v) is 14.7. The average molecular weight is 774 g/mol. The topological polar surface area (TPSA) is 98.4 Å². The molecule has 2 N–H and O–H groups in total. The molecule has 0 aliphatic rings. The molecule has 0 unspecified atom stereocenters. The van der Waals surface area contributed by atoms with E-state index in [9.17, 15) is 9.59 Å². The highest BCUT2D eigenvalue weighted by molar-refractivity contribution is 5.86. The summed E-state index contributed by atoms with van der Waals surface area (Å²) in [6, 6.07) is 48.5. The molecule has 0 amide bonds. The Morgan fingerprint density at radius 2 is 0.897 bits per heavy atom. The Morgan fingerprint density at radius 3 is 1.47 bits per heavy atom. The van der Waals surface area contributed by atoms with E-state index < -0.39 is 12.3 Å². The molecule has 0 spiro atoms. The van der Waals surface area contributed by atoms with E-state index in [0.29, 0.717) is 42.0 Å². The first-order valence-corrected chi connectivity index (χ1v) is 19.4. The van der Waals surface area contributed by atoms with Crippen LogP contribution < -0.4 is 34.5 Å². The first kappa shape index (κ1) is 39.6. The van der Waals surface area contributed by atoms with Crippen LogP contribution in [0.4, 0.5) is 15.3 Å². The Morgan fingerprint density at radius 1 is 0.483 bits per heavy atom. The van der Waals surface area contributed by atoms with Gasteiger partial charge in [-0.25, -0.2) is 9.59 Å². The SMILES string of the molecule is CC(C)CNCc1ccc(OC(=O)Oc2ccc3cc(CN(C)c4ccc(CNCc5ccc(OC(=O)Oc6ccc7ccccc7c6)cc5)cc4)ccc3c2)cc1. The fourth-order valence-electron chi connectivity index (χ4n) is 6.53. The summed E-state index contributed by atoms with van der Waals surface area (Å²) in [6.45, 7) is 8.14. The molecule has 0 saturated carbocycles. The lowest BCUT2D eigenvalue weighted by molar-refractivity contribution is 0.150. The van der Waals surface area contributed by atoms with Gasteiger partial charge in [0.2, 0.25) is 0 Å². The number of carbonyl (C=O) groups excluding carboxylic acids is 2. The second kappa shape index (κ2) is 19.0. The van der Waals surface area contributed by atoms with Gasteiger partial charge in [0.15, 0.2) is 0 Å². The van der Waals surface area contributed by atoms with E-state index >= 15 is 0 Å². The molecule has 58 heavy (non-hydrogen) atoms. The molecule has 9 nitrogen and oxygen atoms in total. The molecule has 0 atom stereocenters. The zero-order chi connectivity index (χ0) is 40.3. The van der Waals surface area contributed by atoms with Gasteiger partial charge in [0.1, 0.15) is 23.0 Å². The van der Waals surface area contributed by atoms with Crippen LogP contribution in [0, 0.1) is 5.92 Å². The van der Waals surface area contributed by atoms with Crippen molar-refractivity contribution < 1.29 is 28.5 Å². The number of anilines is 1. The van der Waals surface area contributed by atoms with Crippen molar-refractivity contribution in [3.63, 3.8) is 0 Å². The summed E-state index contributed by atoms with van der Waals surface area (Å²) in [5.74, 6) is 2.29. The molecule has 0 radical (unpaired) electrons. The Labute approximate surface area is 339 Å². The molecule has 294 valence electrons. The predicted molar refractivity (Wildman–Crippen MR) is 230 cm³/mol. The van der Waals surface area contributed by atoms with Gasteiger partial charge in [0, 0.05) is 38.9 Å². The molecule has 0 aromatic heterocycles. The van der Waals surface area contributed by atoms with Gasteiger partial charge in [-0.15, -0.1) is 0 Å². The van der Waals surface area contributed by atoms with Crippen molar-refractivity contribution in [2.45, 2.75) is 40.0 Å². The second-order valence-electron chi connectivity index (χ2n) is 14.7. The molecule has 7 aromatic rings. The minimum absolute atomic E-state index is 0.416. The fraction of sp³-hybridized carbons (Fsp3) is 0.184.